The van der Waals surface area contributed by atoms with Crippen LogP contribution in [0.1, 0.15) is 53.9 Å². The third-order valence-corrected chi connectivity index (χ3v) is 6.62. The molecule has 2 aromatic carbocycles. The van der Waals surface area contributed by atoms with E-state index in [4.69, 9.17) is 0 Å². The van der Waals surface area contributed by atoms with E-state index in [1.165, 1.54) is 48.4 Å². The second-order valence-corrected chi connectivity index (χ2v) is 9.04. The number of nitro groups is 1. The van der Waals surface area contributed by atoms with Crippen LogP contribution in [0.15, 0.2) is 60.1 Å². The number of thiazole rings is 1. The van der Waals surface area contributed by atoms with Gasteiger partial charge in [0.1, 0.15) is 0 Å². The fraction of sp³-hybridized carbons (Fsp3) is 0.292. The number of benzene rings is 2. The van der Waals surface area contributed by atoms with Crippen LogP contribution in [-0.4, -0.2) is 21.7 Å². The van der Waals surface area contributed by atoms with E-state index < -0.39 is 4.92 Å². The predicted octanol–water partition coefficient (Wildman–Crippen LogP) is 5.61. The van der Waals surface area contributed by atoms with Crippen LogP contribution in [0, 0.1) is 16.0 Å². The minimum Gasteiger partial charge on any atom is -0.322 e. The Morgan fingerprint density at radius 3 is 2.36 bits per heavy atom. The fourth-order valence-electron chi connectivity index (χ4n) is 4.19. The molecule has 8 nitrogen and oxygen atoms in total. The van der Waals surface area contributed by atoms with Crippen molar-refractivity contribution < 1.29 is 14.5 Å². The topological polar surface area (TPSA) is 114 Å². The largest absolute Gasteiger partial charge is 0.322 e. The number of carbonyl (C=O) groups excluding carboxylic acids is 2. The molecular weight excluding hydrogens is 440 g/mol. The Kier molecular flexibility index (Phi) is 7.09. The molecule has 1 fully saturated rings. The van der Waals surface area contributed by atoms with E-state index in [1.807, 2.05) is 17.5 Å². The van der Waals surface area contributed by atoms with Crippen LogP contribution in [0.4, 0.5) is 16.5 Å². The molecular formula is C24H24N4O4S. The summed E-state index contributed by atoms with van der Waals surface area (Å²) in [4.78, 5) is 40.0. The van der Waals surface area contributed by atoms with Gasteiger partial charge >= 0.3 is 0 Å². The first-order valence-corrected chi connectivity index (χ1v) is 11.7. The van der Waals surface area contributed by atoms with Crippen LogP contribution >= 0.6 is 11.3 Å². The number of hydrogen-bond donors (Lipinski definition) is 2. The van der Waals surface area contributed by atoms with Gasteiger partial charge in [0.25, 0.3) is 11.6 Å². The predicted molar refractivity (Wildman–Crippen MR) is 128 cm³/mol. The number of anilines is 2. The summed E-state index contributed by atoms with van der Waals surface area (Å²) in [7, 11) is 0. The number of nitrogens with zero attached hydrogens (tertiary/aromatic N) is 2. The average Bonchev–Trinajstić information content (AvgIpc) is 3.52. The van der Waals surface area contributed by atoms with Crippen molar-refractivity contribution in [1.29, 1.82) is 0 Å². The highest BCUT2D eigenvalue weighted by Crippen LogP contribution is 2.35. The van der Waals surface area contributed by atoms with Crippen molar-refractivity contribution in [2.75, 3.05) is 10.6 Å². The standard InChI is InChI=1S/C24H24N4O4S/c29-22(18-7-11-20(12-8-18)28(31)32)26-19-9-5-17(6-10-19)21(15-16-3-1-2-4-16)23(30)27-24-25-13-14-33-24/h5-14,16,21H,1-4,15H2,(H,26,29)(H,25,27,30). The van der Waals surface area contributed by atoms with Crippen molar-refractivity contribution in [3.63, 3.8) is 0 Å². The average molecular weight is 465 g/mol. The zero-order valence-corrected chi connectivity index (χ0v) is 18.7. The highest BCUT2D eigenvalue weighted by molar-refractivity contribution is 7.13. The van der Waals surface area contributed by atoms with Crippen molar-refractivity contribution in [3.8, 4) is 0 Å². The summed E-state index contributed by atoms with van der Waals surface area (Å²) in [5.74, 6) is -0.198. The van der Waals surface area contributed by atoms with Gasteiger partial charge in [0, 0.05) is 35.0 Å². The Labute approximate surface area is 195 Å². The SMILES string of the molecule is O=C(Nc1ccc(C(CC2CCCC2)C(=O)Nc2nccs2)cc1)c1ccc([N+](=O)[O-])cc1. The van der Waals surface area contributed by atoms with E-state index in [9.17, 15) is 19.7 Å². The van der Waals surface area contributed by atoms with Gasteiger partial charge in [-0.2, -0.15) is 0 Å². The third-order valence-electron chi connectivity index (χ3n) is 5.93. The Bertz CT molecular complexity index is 1110. The summed E-state index contributed by atoms with van der Waals surface area (Å²) in [6, 6.07) is 12.7. The quantitative estimate of drug-likeness (QED) is 0.332. The lowest BCUT2D eigenvalue weighted by molar-refractivity contribution is -0.384. The second-order valence-electron chi connectivity index (χ2n) is 8.15. The van der Waals surface area contributed by atoms with Crippen molar-refractivity contribution in [3.05, 3.63) is 81.3 Å². The number of aromatic nitrogens is 1. The molecule has 2 N–H and O–H groups in total. The molecule has 1 aliphatic carbocycles. The van der Waals surface area contributed by atoms with Gasteiger partial charge in [0.2, 0.25) is 5.91 Å². The zero-order chi connectivity index (χ0) is 23.2. The molecule has 1 atom stereocenters. The maximum Gasteiger partial charge on any atom is 0.269 e. The number of non-ortho nitro benzene ring substituents is 1. The highest BCUT2D eigenvalue weighted by Gasteiger charge is 2.27. The zero-order valence-electron chi connectivity index (χ0n) is 17.9. The Hall–Kier alpha value is -3.59. The lowest BCUT2D eigenvalue weighted by Crippen LogP contribution is -2.23. The van der Waals surface area contributed by atoms with Crippen LogP contribution < -0.4 is 10.6 Å². The lowest BCUT2D eigenvalue weighted by atomic mass is 9.87. The minimum absolute atomic E-state index is 0.0692. The molecule has 33 heavy (non-hydrogen) atoms. The fourth-order valence-corrected chi connectivity index (χ4v) is 4.72. The van der Waals surface area contributed by atoms with E-state index in [1.54, 1.807) is 18.3 Å². The van der Waals surface area contributed by atoms with Crippen molar-refractivity contribution >= 4 is 39.7 Å². The minimum atomic E-state index is -0.507. The molecule has 0 aliphatic heterocycles. The summed E-state index contributed by atoms with van der Waals surface area (Å²) < 4.78 is 0. The number of rotatable bonds is 8. The number of nitro benzene ring substituents is 1. The molecule has 1 saturated carbocycles. The summed E-state index contributed by atoms with van der Waals surface area (Å²) in [5.41, 5.74) is 1.73. The molecule has 2 amide bonds. The molecule has 3 aromatic rings. The molecule has 0 spiro atoms. The third kappa shape index (κ3) is 5.81. The number of nitrogens with one attached hydrogen (secondary N) is 2. The van der Waals surface area contributed by atoms with Crippen LogP contribution in [0.2, 0.25) is 0 Å². The molecule has 1 aliphatic rings. The monoisotopic (exact) mass is 464 g/mol. The number of carbonyl (C=O) groups is 2. The maximum atomic E-state index is 13.1. The number of amides is 2. The molecule has 9 heteroatoms. The van der Waals surface area contributed by atoms with Crippen LogP contribution in [-0.2, 0) is 4.79 Å². The smallest absolute Gasteiger partial charge is 0.269 e. The van der Waals surface area contributed by atoms with Crippen LogP contribution in [0.25, 0.3) is 0 Å². The van der Waals surface area contributed by atoms with E-state index in [0.29, 0.717) is 22.3 Å². The summed E-state index contributed by atoms with van der Waals surface area (Å²) in [6.45, 7) is 0. The normalized spacial score (nSPS) is 14.5. The van der Waals surface area contributed by atoms with Gasteiger partial charge in [-0.1, -0.05) is 37.8 Å². The first-order valence-electron chi connectivity index (χ1n) is 10.9. The van der Waals surface area contributed by atoms with E-state index in [-0.39, 0.29) is 23.4 Å². The molecule has 170 valence electrons. The Morgan fingerprint density at radius 1 is 1.06 bits per heavy atom. The van der Waals surface area contributed by atoms with Crippen molar-refractivity contribution in [1.82, 2.24) is 4.98 Å². The first kappa shape index (κ1) is 22.6. The molecule has 0 saturated heterocycles. The molecule has 0 radical (unpaired) electrons. The van der Waals surface area contributed by atoms with Crippen LogP contribution in [0.5, 0.6) is 0 Å². The summed E-state index contributed by atoms with van der Waals surface area (Å²) >= 11 is 1.39. The van der Waals surface area contributed by atoms with Gasteiger partial charge in [0.15, 0.2) is 5.13 Å². The molecule has 0 bridgehead atoms. The Morgan fingerprint density at radius 2 is 1.76 bits per heavy atom. The van der Waals surface area contributed by atoms with Gasteiger partial charge in [0.05, 0.1) is 10.8 Å². The van der Waals surface area contributed by atoms with Gasteiger partial charge in [-0.15, -0.1) is 11.3 Å². The van der Waals surface area contributed by atoms with Crippen molar-refractivity contribution in [2.24, 2.45) is 5.92 Å². The maximum absolute atomic E-state index is 13.1. The molecule has 1 heterocycles. The molecule has 4 rings (SSSR count). The second kappa shape index (κ2) is 10.4. The molecule has 1 aromatic heterocycles. The van der Waals surface area contributed by atoms with Gasteiger partial charge in [-0.3, -0.25) is 19.7 Å². The highest BCUT2D eigenvalue weighted by atomic mass is 32.1. The first-order chi connectivity index (χ1) is 16.0. The van der Waals surface area contributed by atoms with Gasteiger partial charge < -0.3 is 10.6 Å². The van der Waals surface area contributed by atoms with Gasteiger partial charge in [-0.25, -0.2) is 4.98 Å². The van der Waals surface area contributed by atoms with E-state index in [2.05, 4.69) is 15.6 Å². The number of hydrogen-bond acceptors (Lipinski definition) is 6. The molecule has 1 unspecified atom stereocenters. The van der Waals surface area contributed by atoms with E-state index >= 15 is 0 Å². The summed E-state index contributed by atoms with van der Waals surface area (Å²) in [5, 5.41) is 18.9. The van der Waals surface area contributed by atoms with Gasteiger partial charge in [-0.05, 0) is 42.2 Å². The Balaban J connectivity index is 1.46. The van der Waals surface area contributed by atoms with E-state index in [0.717, 1.165) is 24.8 Å². The lowest BCUT2D eigenvalue weighted by Gasteiger charge is -2.20. The van der Waals surface area contributed by atoms with Crippen molar-refractivity contribution in [2.45, 2.75) is 38.0 Å². The summed E-state index contributed by atoms with van der Waals surface area (Å²) in [6.07, 6.45) is 7.15. The van der Waals surface area contributed by atoms with Crippen LogP contribution in [0.3, 0.4) is 0 Å².